The molecule has 0 radical (unpaired) electrons. The SMILES string of the molecule is COC(=O)c1cccc(CC[C@H](C)F)c1. The molecule has 1 aromatic carbocycles. The summed E-state index contributed by atoms with van der Waals surface area (Å²) < 4.78 is 17.2. The molecule has 0 saturated heterocycles. The number of halogens is 1. The second-order valence-corrected chi connectivity index (χ2v) is 3.51. The lowest BCUT2D eigenvalue weighted by Crippen LogP contribution is -2.02. The summed E-state index contributed by atoms with van der Waals surface area (Å²) in [4.78, 5) is 11.2. The van der Waals surface area contributed by atoms with Crippen molar-refractivity contribution < 1.29 is 13.9 Å². The van der Waals surface area contributed by atoms with E-state index in [4.69, 9.17) is 0 Å². The highest BCUT2D eigenvalue weighted by atomic mass is 19.1. The first-order valence-electron chi connectivity index (χ1n) is 4.95. The van der Waals surface area contributed by atoms with E-state index in [2.05, 4.69) is 4.74 Å². The smallest absolute Gasteiger partial charge is 0.337 e. The van der Waals surface area contributed by atoms with Crippen LogP contribution in [0.5, 0.6) is 0 Å². The maximum Gasteiger partial charge on any atom is 0.337 e. The zero-order valence-corrected chi connectivity index (χ0v) is 9.00. The van der Waals surface area contributed by atoms with Crippen LogP contribution in [-0.2, 0) is 11.2 Å². The van der Waals surface area contributed by atoms with E-state index in [0.717, 1.165) is 5.56 Å². The van der Waals surface area contributed by atoms with Gasteiger partial charge in [0, 0.05) is 0 Å². The second kappa shape index (κ2) is 5.49. The number of carbonyl (C=O) groups excluding carboxylic acids is 1. The van der Waals surface area contributed by atoms with Gasteiger partial charge < -0.3 is 4.74 Å². The second-order valence-electron chi connectivity index (χ2n) is 3.51. The molecule has 0 aromatic heterocycles. The van der Waals surface area contributed by atoms with Gasteiger partial charge in [0.2, 0.25) is 0 Å². The van der Waals surface area contributed by atoms with Gasteiger partial charge in [-0.15, -0.1) is 0 Å². The Bertz CT molecular complexity index is 334. The third kappa shape index (κ3) is 3.70. The Kier molecular flexibility index (Phi) is 4.28. The number of hydrogen-bond acceptors (Lipinski definition) is 2. The number of esters is 1. The molecule has 0 aliphatic heterocycles. The number of methoxy groups -OCH3 is 1. The van der Waals surface area contributed by atoms with Crippen LogP contribution in [0.3, 0.4) is 0 Å². The molecule has 3 heteroatoms. The Morgan fingerprint density at radius 1 is 1.53 bits per heavy atom. The van der Waals surface area contributed by atoms with Crippen molar-refractivity contribution >= 4 is 5.97 Å². The van der Waals surface area contributed by atoms with E-state index in [-0.39, 0.29) is 5.97 Å². The summed E-state index contributed by atoms with van der Waals surface area (Å²) in [5.74, 6) is -0.356. The van der Waals surface area contributed by atoms with E-state index in [1.54, 1.807) is 18.2 Å². The van der Waals surface area contributed by atoms with Crippen LogP contribution in [0.25, 0.3) is 0 Å². The molecule has 0 heterocycles. The Morgan fingerprint density at radius 2 is 2.27 bits per heavy atom. The average molecular weight is 210 g/mol. The third-order valence-corrected chi connectivity index (χ3v) is 2.18. The van der Waals surface area contributed by atoms with Crippen LogP contribution < -0.4 is 0 Å². The highest BCUT2D eigenvalue weighted by Gasteiger charge is 2.06. The average Bonchev–Trinajstić information content (AvgIpc) is 2.25. The number of rotatable bonds is 4. The fourth-order valence-corrected chi connectivity index (χ4v) is 1.34. The van der Waals surface area contributed by atoms with Gasteiger partial charge in [-0.1, -0.05) is 12.1 Å². The van der Waals surface area contributed by atoms with Gasteiger partial charge in [-0.25, -0.2) is 9.18 Å². The summed E-state index contributed by atoms with van der Waals surface area (Å²) >= 11 is 0. The molecule has 0 aliphatic rings. The molecule has 0 fully saturated rings. The summed E-state index contributed by atoms with van der Waals surface area (Å²) in [6, 6.07) is 7.10. The van der Waals surface area contributed by atoms with Gasteiger partial charge in [-0.05, 0) is 37.5 Å². The van der Waals surface area contributed by atoms with Gasteiger partial charge in [-0.2, -0.15) is 0 Å². The molecular weight excluding hydrogens is 195 g/mol. The van der Waals surface area contributed by atoms with Crippen molar-refractivity contribution in [2.45, 2.75) is 25.9 Å². The Balaban J connectivity index is 2.70. The van der Waals surface area contributed by atoms with Gasteiger partial charge in [-0.3, -0.25) is 0 Å². The summed E-state index contributed by atoms with van der Waals surface area (Å²) in [7, 11) is 1.35. The van der Waals surface area contributed by atoms with E-state index < -0.39 is 6.17 Å². The molecule has 1 atom stereocenters. The van der Waals surface area contributed by atoms with Gasteiger partial charge in [0.15, 0.2) is 0 Å². The fraction of sp³-hybridized carbons (Fsp3) is 0.417. The first kappa shape index (κ1) is 11.7. The first-order valence-corrected chi connectivity index (χ1v) is 4.95. The number of carbonyl (C=O) groups is 1. The number of aryl methyl sites for hydroxylation is 1. The molecule has 1 rings (SSSR count). The van der Waals surface area contributed by atoms with E-state index in [9.17, 15) is 9.18 Å². The molecule has 0 unspecified atom stereocenters. The molecule has 82 valence electrons. The van der Waals surface area contributed by atoms with Crippen molar-refractivity contribution in [3.63, 3.8) is 0 Å². The van der Waals surface area contributed by atoms with Crippen molar-refractivity contribution in [1.29, 1.82) is 0 Å². The van der Waals surface area contributed by atoms with Crippen LogP contribution >= 0.6 is 0 Å². The zero-order valence-electron chi connectivity index (χ0n) is 9.00. The van der Waals surface area contributed by atoms with Gasteiger partial charge >= 0.3 is 5.97 Å². The lowest BCUT2D eigenvalue weighted by atomic mass is 10.1. The Morgan fingerprint density at radius 3 is 2.87 bits per heavy atom. The summed E-state index contributed by atoms with van der Waals surface area (Å²) in [6.07, 6.45) is 0.305. The zero-order chi connectivity index (χ0) is 11.3. The van der Waals surface area contributed by atoms with Crippen molar-refractivity contribution in [2.75, 3.05) is 7.11 Å². The van der Waals surface area contributed by atoms with Crippen molar-refractivity contribution in [3.8, 4) is 0 Å². The summed E-state index contributed by atoms with van der Waals surface area (Å²) in [5.41, 5.74) is 1.48. The summed E-state index contributed by atoms with van der Waals surface area (Å²) in [5, 5.41) is 0. The predicted octanol–water partition coefficient (Wildman–Crippen LogP) is 2.76. The number of benzene rings is 1. The fourth-order valence-electron chi connectivity index (χ4n) is 1.34. The van der Waals surface area contributed by atoms with Crippen LogP contribution in [0.2, 0.25) is 0 Å². The van der Waals surface area contributed by atoms with E-state index >= 15 is 0 Å². The lowest BCUT2D eigenvalue weighted by molar-refractivity contribution is 0.0600. The minimum Gasteiger partial charge on any atom is -0.465 e. The van der Waals surface area contributed by atoms with Crippen LogP contribution in [0.1, 0.15) is 29.3 Å². The monoisotopic (exact) mass is 210 g/mol. The molecule has 0 aliphatic carbocycles. The molecule has 1 aromatic rings. The molecule has 0 bridgehead atoms. The Labute approximate surface area is 89.1 Å². The lowest BCUT2D eigenvalue weighted by Gasteiger charge is -2.04. The van der Waals surface area contributed by atoms with Crippen molar-refractivity contribution in [1.82, 2.24) is 0 Å². The minimum absolute atomic E-state index is 0.356. The van der Waals surface area contributed by atoms with Crippen LogP contribution in [-0.4, -0.2) is 19.3 Å². The Hall–Kier alpha value is -1.38. The van der Waals surface area contributed by atoms with Crippen LogP contribution in [0.15, 0.2) is 24.3 Å². The molecule has 0 saturated carbocycles. The molecular formula is C12H15FO2. The molecule has 2 nitrogen and oxygen atoms in total. The third-order valence-electron chi connectivity index (χ3n) is 2.18. The van der Waals surface area contributed by atoms with Crippen molar-refractivity contribution in [2.24, 2.45) is 0 Å². The van der Waals surface area contributed by atoms with Gasteiger partial charge in [0.25, 0.3) is 0 Å². The maximum atomic E-state index is 12.6. The van der Waals surface area contributed by atoms with Crippen LogP contribution in [0.4, 0.5) is 4.39 Å². The van der Waals surface area contributed by atoms with E-state index in [1.807, 2.05) is 6.07 Å². The maximum absolute atomic E-state index is 12.6. The highest BCUT2D eigenvalue weighted by molar-refractivity contribution is 5.89. The number of ether oxygens (including phenoxy) is 1. The molecule has 0 N–H and O–H groups in total. The molecule has 15 heavy (non-hydrogen) atoms. The number of alkyl halides is 1. The first-order chi connectivity index (χ1) is 7.13. The van der Waals surface area contributed by atoms with Crippen LogP contribution in [0, 0.1) is 0 Å². The standard InChI is InChI=1S/C12H15FO2/c1-9(13)6-7-10-4-3-5-11(8-10)12(14)15-2/h3-5,8-9H,6-7H2,1-2H3/t9-/m0/s1. The topological polar surface area (TPSA) is 26.3 Å². The van der Waals surface area contributed by atoms with Gasteiger partial charge in [0.05, 0.1) is 18.8 Å². The largest absolute Gasteiger partial charge is 0.465 e. The molecule has 0 spiro atoms. The van der Waals surface area contributed by atoms with E-state index in [0.29, 0.717) is 18.4 Å². The highest BCUT2D eigenvalue weighted by Crippen LogP contribution is 2.10. The number of hydrogen-bond donors (Lipinski definition) is 0. The van der Waals surface area contributed by atoms with Crippen molar-refractivity contribution in [3.05, 3.63) is 35.4 Å². The van der Waals surface area contributed by atoms with Gasteiger partial charge in [0.1, 0.15) is 0 Å². The molecule has 0 amide bonds. The minimum atomic E-state index is -0.813. The quantitative estimate of drug-likeness (QED) is 0.714. The van der Waals surface area contributed by atoms with E-state index in [1.165, 1.54) is 14.0 Å². The predicted molar refractivity (Wildman–Crippen MR) is 56.7 cm³/mol. The normalized spacial score (nSPS) is 12.2. The summed E-state index contributed by atoms with van der Waals surface area (Å²) in [6.45, 7) is 1.53.